The van der Waals surface area contributed by atoms with Crippen molar-refractivity contribution in [2.45, 2.75) is 52.1 Å². The fourth-order valence-electron chi connectivity index (χ4n) is 2.50. The molecule has 0 saturated heterocycles. The lowest BCUT2D eigenvalue weighted by molar-refractivity contribution is 0.140. The van der Waals surface area contributed by atoms with Gasteiger partial charge in [-0.05, 0) is 57.5 Å². The molecule has 108 valence electrons. The van der Waals surface area contributed by atoms with Crippen LogP contribution in [0.4, 0.5) is 0 Å². The van der Waals surface area contributed by atoms with Crippen LogP contribution in [-0.2, 0) is 5.54 Å². The number of hydrogen-bond donors (Lipinski definition) is 1. The molecule has 0 fully saturated rings. The van der Waals surface area contributed by atoms with Gasteiger partial charge in [0, 0.05) is 11.1 Å². The first-order chi connectivity index (χ1) is 8.93. The normalized spacial score (nSPS) is 16.4. The summed E-state index contributed by atoms with van der Waals surface area (Å²) in [7, 11) is 0. The zero-order valence-electron chi connectivity index (χ0n) is 12.6. The van der Waals surface area contributed by atoms with Crippen molar-refractivity contribution in [2.75, 3.05) is 13.1 Å². The van der Waals surface area contributed by atoms with Gasteiger partial charge in [-0.25, -0.2) is 0 Å². The number of nitrogens with two attached hydrogens (primary N) is 1. The maximum Gasteiger partial charge on any atom is 0.0536 e. The molecule has 2 nitrogen and oxygen atoms in total. The summed E-state index contributed by atoms with van der Waals surface area (Å²) in [6.45, 7) is 10.9. The molecule has 0 bridgehead atoms. The molecule has 0 saturated carbocycles. The largest absolute Gasteiger partial charge is 0.320 e. The second-order valence-electron chi connectivity index (χ2n) is 5.50. The lowest BCUT2D eigenvalue weighted by Gasteiger charge is -2.40. The zero-order chi connectivity index (χ0) is 14.5. The highest BCUT2D eigenvalue weighted by atomic mass is 35.5. The lowest BCUT2D eigenvalue weighted by atomic mass is 9.85. The minimum atomic E-state index is -0.366. The first-order valence-electron chi connectivity index (χ1n) is 7.22. The Labute approximate surface area is 122 Å². The Morgan fingerprint density at radius 2 is 1.63 bits per heavy atom. The molecule has 2 atom stereocenters. The van der Waals surface area contributed by atoms with E-state index in [-0.39, 0.29) is 5.54 Å². The zero-order valence-corrected chi connectivity index (χ0v) is 13.4. The second-order valence-corrected chi connectivity index (χ2v) is 5.94. The Kier molecular flexibility index (Phi) is 6.31. The highest BCUT2D eigenvalue weighted by molar-refractivity contribution is 6.30. The SMILES string of the molecule is CCCN(CCC)C(C)C(C)(N)c1ccc(Cl)cc1. The molecule has 0 radical (unpaired) electrons. The third kappa shape index (κ3) is 4.20. The highest BCUT2D eigenvalue weighted by Crippen LogP contribution is 2.27. The van der Waals surface area contributed by atoms with Crippen molar-refractivity contribution in [1.82, 2.24) is 4.90 Å². The van der Waals surface area contributed by atoms with E-state index in [1.54, 1.807) is 0 Å². The average Bonchev–Trinajstić information content (AvgIpc) is 2.38. The van der Waals surface area contributed by atoms with Gasteiger partial charge in [-0.2, -0.15) is 0 Å². The van der Waals surface area contributed by atoms with E-state index in [4.69, 9.17) is 17.3 Å². The molecule has 0 aliphatic carbocycles. The molecule has 2 N–H and O–H groups in total. The van der Waals surface area contributed by atoms with Crippen LogP contribution in [0.15, 0.2) is 24.3 Å². The van der Waals surface area contributed by atoms with Crippen molar-refractivity contribution >= 4 is 11.6 Å². The molecule has 0 aliphatic heterocycles. The van der Waals surface area contributed by atoms with Crippen LogP contribution < -0.4 is 5.73 Å². The summed E-state index contributed by atoms with van der Waals surface area (Å²) in [5.74, 6) is 0. The fourth-order valence-corrected chi connectivity index (χ4v) is 2.63. The predicted octanol–water partition coefficient (Wildman–Crippen LogP) is 4.02. The molecule has 1 aromatic carbocycles. The van der Waals surface area contributed by atoms with E-state index < -0.39 is 0 Å². The first-order valence-corrected chi connectivity index (χ1v) is 7.60. The fraction of sp³-hybridized carbons (Fsp3) is 0.625. The van der Waals surface area contributed by atoms with Gasteiger partial charge in [-0.15, -0.1) is 0 Å². The van der Waals surface area contributed by atoms with Crippen molar-refractivity contribution in [3.63, 3.8) is 0 Å². The molecule has 0 heterocycles. The molecule has 0 spiro atoms. The van der Waals surface area contributed by atoms with Crippen molar-refractivity contribution in [3.05, 3.63) is 34.9 Å². The Balaban J connectivity index is 2.92. The van der Waals surface area contributed by atoms with Gasteiger partial charge in [0.25, 0.3) is 0 Å². The summed E-state index contributed by atoms with van der Waals surface area (Å²) in [6.07, 6.45) is 2.31. The molecular formula is C16H27ClN2. The van der Waals surface area contributed by atoms with Crippen LogP contribution in [0.2, 0.25) is 5.02 Å². The van der Waals surface area contributed by atoms with Crippen molar-refractivity contribution in [1.29, 1.82) is 0 Å². The summed E-state index contributed by atoms with van der Waals surface area (Å²) >= 11 is 5.95. The van der Waals surface area contributed by atoms with E-state index in [9.17, 15) is 0 Å². The Hall–Kier alpha value is -0.570. The number of halogens is 1. The minimum Gasteiger partial charge on any atom is -0.320 e. The first kappa shape index (κ1) is 16.5. The molecule has 2 unspecified atom stereocenters. The summed E-state index contributed by atoms with van der Waals surface area (Å²) in [4.78, 5) is 2.48. The van der Waals surface area contributed by atoms with Gasteiger partial charge in [0.1, 0.15) is 0 Å². The van der Waals surface area contributed by atoms with Gasteiger partial charge in [0.2, 0.25) is 0 Å². The minimum absolute atomic E-state index is 0.300. The lowest BCUT2D eigenvalue weighted by Crippen LogP contribution is -2.53. The van der Waals surface area contributed by atoms with Crippen LogP contribution in [0.1, 0.15) is 46.1 Å². The molecule has 1 rings (SSSR count). The Bertz CT molecular complexity index is 367. The summed E-state index contributed by atoms with van der Waals surface area (Å²) in [5.41, 5.74) is 7.38. The van der Waals surface area contributed by atoms with E-state index in [2.05, 4.69) is 32.6 Å². The number of nitrogens with zero attached hydrogens (tertiary/aromatic N) is 1. The molecular weight excluding hydrogens is 256 g/mol. The van der Waals surface area contributed by atoms with Crippen LogP contribution >= 0.6 is 11.6 Å². The number of rotatable bonds is 7. The Morgan fingerprint density at radius 3 is 2.05 bits per heavy atom. The molecule has 0 aliphatic rings. The van der Waals surface area contributed by atoms with E-state index in [0.717, 1.165) is 36.5 Å². The maximum atomic E-state index is 6.61. The highest BCUT2D eigenvalue weighted by Gasteiger charge is 2.32. The average molecular weight is 283 g/mol. The van der Waals surface area contributed by atoms with Crippen molar-refractivity contribution < 1.29 is 0 Å². The van der Waals surface area contributed by atoms with E-state index in [0.29, 0.717) is 6.04 Å². The van der Waals surface area contributed by atoms with Gasteiger partial charge < -0.3 is 5.73 Å². The van der Waals surface area contributed by atoms with Crippen molar-refractivity contribution in [3.8, 4) is 0 Å². The van der Waals surface area contributed by atoms with Crippen molar-refractivity contribution in [2.24, 2.45) is 5.73 Å². The summed E-state index contributed by atoms with van der Waals surface area (Å²) in [6, 6.07) is 8.20. The van der Waals surface area contributed by atoms with Crippen LogP contribution in [-0.4, -0.2) is 24.0 Å². The van der Waals surface area contributed by atoms with E-state index in [1.807, 2.05) is 24.3 Å². The van der Waals surface area contributed by atoms with Gasteiger partial charge in [-0.3, -0.25) is 4.90 Å². The molecule has 0 amide bonds. The maximum absolute atomic E-state index is 6.61. The molecule has 0 aromatic heterocycles. The molecule has 1 aromatic rings. The van der Waals surface area contributed by atoms with Gasteiger partial charge in [0.15, 0.2) is 0 Å². The molecule has 19 heavy (non-hydrogen) atoms. The number of benzene rings is 1. The topological polar surface area (TPSA) is 29.3 Å². The quantitative estimate of drug-likeness (QED) is 0.818. The van der Waals surface area contributed by atoms with E-state index >= 15 is 0 Å². The van der Waals surface area contributed by atoms with Crippen LogP contribution in [0, 0.1) is 0 Å². The summed E-state index contributed by atoms with van der Waals surface area (Å²) < 4.78 is 0. The smallest absolute Gasteiger partial charge is 0.0536 e. The predicted molar refractivity (Wildman–Crippen MR) is 84.6 cm³/mol. The third-order valence-electron chi connectivity index (χ3n) is 3.90. The van der Waals surface area contributed by atoms with E-state index in [1.165, 1.54) is 0 Å². The monoisotopic (exact) mass is 282 g/mol. The van der Waals surface area contributed by atoms with Crippen LogP contribution in [0.25, 0.3) is 0 Å². The van der Waals surface area contributed by atoms with Gasteiger partial charge in [-0.1, -0.05) is 37.6 Å². The van der Waals surface area contributed by atoms with Crippen LogP contribution in [0.5, 0.6) is 0 Å². The van der Waals surface area contributed by atoms with Gasteiger partial charge in [0.05, 0.1) is 5.54 Å². The molecule has 3 heteroatoms. The standard InChI is InChI=1S/C16H27ClN2/c1-5-11-19(12-6-2)13(3)16(4,18)14-7-9-15(17)10-8-14/h7-10,13H,5-6,11-12,18H2,1-4H3. The van der Waals surface area contributed by atoms with Gasteiger partial charge >= 0.3 is 0 Å². The van der Waals surface area contributed by atoms with Crippen LogP contribution in [0.3, 0.4) is 0 Å². The Morgan fingerprint density at radius 1 is 1.16 bits per heavy atom. The second kappa shape index (κ2) is 7.28. The summed E-state index contributed by atoms with van der Waals surface area (Å²) in [5, 5.41) is 0.756. The third-order valence-corrected chi connectivity index (χ3v) is 4.16. The number of hydrogen-bond acceptors (Lipinski definition) is 2.